The number of aliphatic imine (C=N–C) groups is 1. The van der Waals surface area contributed by atoms with E-state index in [-0.39, 0.29) is 11.8 Å². The van der Waals surface area contributed by atoms with E-state index in [1.165, 1.54) is 0 Å². The van der Waals surface area contributed by atoms with Gasteiger partial charge in [-0.3, -0.25) is 9.71 Å². The summed E-state index contributed by atoms with van der Waals surface area (Å²) >= 11 is 0. The summed E-state index contributed by atoms with van der Waals surface area (Å²) in [7, 11) is -2.20. The lowest BCUT2D eigenvalue weighted by Crippen LogP contribution is -2.28. The Balaban J connectivity index is 1.34. The van der Waals surface area contributed by atoms with Crippen LogP contribution in [0, 0.1) is 23.2 Å². The fraction of sp³-hybridized carbons (Fsp3) is 0.214. The average molecular weight is 497 g/mol. The number of benzene rings is 2. The second-order valence-electron chi connectivity index (χ2n) is 9.10. The van der Waals surface area contributed by atoms with Crippen LogP contribution < -0.4 is 9.46 Å². The number of nitrogens with one attached hydrogen (secondary N) is 1. The van der Waals surface area contributed by atoms with E-state index in [9.17, 15) is 13.7 Å². The third-order valence-electron chi connectivity index (χ3n) is 7.35. The largest absolute Gasteiger partial charge is 0.497 e. The van der Waals surface area contributed by atoms with Crippen LogP contribution in [-0.2, 0) is 16.6 Å². The van der Waals surface area contributed by atoms with Gasteiger partial charge in [0.1, 0.15) is 17.4 Å². The van der Waals surface area contributed by atoms with Crippen molar-refractivity contribution >= 4 is 32.8 Å². The number of allylic oxidation sites excluding steroid dienone is 3. The van der Waals surface area contributed by atoms with Crippen molar-refractivity contribution in [2.45, 2.75) is 19.0 Å². The third-order valence-corrected chi connectivity index (χ3v) is 8.89. The third kappa shape index (κ3) is 3.09. The molecule has 1 aliphatic heterocycles. The summed E-state index contributed by atoms with van der Waals surface area (Å²) in [6, 6.07) is 15.2. The number of rotatable bonds is 6. The molecule has 0 amide bonds. The molecule has 0 bridgehead atoms. The number of anilines is 1. The highest BCUT2D eigenvalue weighted by atomic mass is 32.2. The maximum Gasteiger partial charge on any atom is 0.260 e. The summed E-state index contributed by atoms with van der Waals surface area (Å²) in [4.78, 5) is 4.87. The smallest absolute Gasteiger partial charge is 0.260 e. The van der Waals surface area contributed by atoms with E-state index in [1.807, 2.05) is 55.5 Å². The Morgan fingerprint density at radius 2 is 1.89 bits per heavy atom. The number of hydrogen-bond acceptors (Lipinski definition) is 5. The molecule has 3 atom stereocenters. The lowest BCUT2D eigenvalue weighted by Gasteiger charge is -2.21. The Hall–Kier alpha value is -4.09. The number of aromatic nitrogens is 1. The molecular formula is C28H24N4O3S. The van der Waals surface area contributed by atoms with Gasteiger partial charge in [-0.05, 0) is 48.9 Å². The quantitative estimate of drug-likeness (QED) is 0.518. The molecule has 180 valence electrons. The van der Waals surface area contributed by atoms with E-state index in [4.69, 9.17) is 4.74 Å². The molecule has 8 heteroatoms. The van der Waals surface area contributed by atoms with Crippen LogP contribution >= 0.6 is 0 Å². The second kappa shape index (κ2) is 7.97. The van der Waals surface area contributed by atoms with Gasteiger partial charge >= 0.3 is 0 Å². The Bertz CT molecular complexity index is 1660. The number of hydrogen-bond donors (Lipinski definition) is 1. The maximum absolute atomic E-state index is 13.4. The Kier molecular flexibility index (Phi) is 4.95. The van der Waals surface area contributed by atoms with Crippen molar-refractivity contribution in [1.82, 2.24) is 4.57 Å². The average Bonchev–Trinajstić information content (AvgIpc) is 3.48. The fourth-order valence-electron chi connectivity index (χ4n) is 5.67. The minimum absolute atomic E-state index is 0.0745. The van der Waals surface area contributed by atoms with Crippen LogP contribution in [0.15, 0.2) is 82.7 Å². The molecule has 1 aromatic heterocycles. The van der Waals surface area contributed by atoms with Crippen molar-refractivity contribution in [3.63, 3.8) is 0 Å². The van der Waals surface area contributed by atoms with Crippen LogP contribution in [0.25, 0.3) is 22.2 Å². The molecule has 2 heterocycles. The highest BCUT2D eigenvalue weighted by Gasteiger charge is 2.68. The normalized spacial score (nSPS) is 23.5. The van der Waals surface area contributed by atoms with Gasteiger partial charge in [0.2, 0.25) is 0 Å². The van der Waals surface area contributed by atoms with Gasteiger partial charge in [0.15, 0.2) is 0 Å². The van der Waals surface area contributed by atoms with Crippen LogP contribution in [0.3, 0.4) is 0 Å². The second-order valence-corrected chi connectivity index (χ2v) is 10.8. The zero-order valence-electron chi connectivity index (χ0n) is 19.8. The van der Waals surface area contributed by atoms with Gasteiger partial charge in [0.25, 0.3) is 10.0 Å². The van der Waals surface area contributed by atoms with Gasteiger partial charge in [-0.2, -0.15) is 5.26 Å². The number of aryl methyl sites for hydroxylation is 1. The van der Waals surface area contributed by atoms with Gasteiger partial charge in [-0.1, -0.05) is 30.4 Å². The number of ether oxygens (including phenoxy) is 1. The molecule has 3 aliphatic rings. The Morgan fingerprint density at radius 1 is 1.14 bits per heavy atom. The highest BCUT2D eigenvalue weighted by molar-refractivity contribution is 7.96. The molecule has 6 rings (SSSR count). The van der Waals surface area contributed by atoms with Crippen molar-refractivity contribution in [2.75, 3.05) is 11.8 Å². The lowest BCUT2D eigenvalue weighted by atomic mass is 10.1. The van der Waals surface area contributed by atoms with Gasteiger partial charge in [-0.25, -0.2) is 8.42 Å². The summed E-state index contributed by atoms with van der Waals surface area (Å²) in [6.07, 6.45) is 11.1. The highest BCUT2D eigenvalue weighted by Crippen LogP contribution is 2.63. The lowest BCUT2D eigenvalue weighted by molar-refractivity contribution is 0.415. The van der Waals surface area contributed by atoms with Crippen LogP contribution in [0.2, 0.25) is 0 Å². The molecule has 2 aliphatic carbocycles. The number of nitrogens with zero attached hydrogens (tertiary/aromatic N) is 3. The van der Waals surface area contributed by atoms with E-state index in [1.54, 1.807) is 37.6 Å². The molecule has 7 nitrogen and oxygen atoms in total. The first kappa shape index (κ1) is 22.4. The van der Waals surface area contributed by atoms with Gasteiger partial charge < -0.3 is 9.30 Å². The summed E-state index contributed by atoms with van der Waals surface area (Å²) in [5.41, 5.74) is 2.85. The molecular weight excluding hydrogens is 472 g/mol. The van der Waals surface area contributed by atoms with Gasteiger partial charge in [0, 0.05) is 41.7 Å². The monoisotopic (exact) mass is 496 g/mol. The van der Waals surface area contributed by atoms with Crippen molar-refractivity contribution in [1.29, 1.82) is 5.26 Å². The molecule has 2 aromatic carbocycles. The maximum atomic E-state index is 13.4. The number of methoxy groups -OCH3 is 1. The molecule has 3 unspecified atom stereocenters. The summed E-state index contributed by atoms with van der Waals surface area (Å²) in [5.74, 6) is 0.871. The fourth-order valence-corrected chi connectivity index (χ4v) is 7.24. The molecule has 1 N–H and O–H groups in total. The Labute approximate surface area is 209 Å². The van der Waals surface area contributed by atoms with E-state index in [0.29, 0.717) is 22.7 Å². The molecule has 3 aromatic rings. The standard InChI is InChI=1S/C28H24N4O3S/c1-3-32-25-16-20(35-2)13-14-21(25)22(17-29)27(32)18-9-11-19(12-10-18)31-36(33,34)26-8-4-6-23-24-7-5-15-30-28(23,24)26/h4-16,23-24,31H,3H2,1-2H3. The molecule has 0 saturated heterocycles. The summed E-state index contributed by atoms with van der Waals surface area (Å²) in [6.45, 7) is 2.69. The molecule has 0 radical (unpaired) electrons. The zero-order chi connectivity index (χ0) is 25.1. The first-order chi connectivity index (χ1) is 17.4. The van der Waals surface area contributed by atoms with E-state index >= 15 is 0 Å². The van der Waals surface area contributed by atoms with E-state index < -0.39 is 15.6 Å². The molecule has 36 heavy (non-hydrogen) atoms. The summed E-state index contributed by atoms with van der Waals surface area (Å²) in [5, 5.41) is 10.8. The topological polar surface area (TPSA) is 96.5 Å². The van der Waals surface area contributed by atoms with Crippen LogP contribution in [0.5, 0.6) is 5.75 Å². The first-order valence-electron chi connectivity index (χ1n) is 11.8. The summed E-state index contributed by atoms with van der Waals surface area (Å²) < 4.78 is 37.0. The minimum Gasteiger partial charge on any atom is -0.497 e. The molecule has 1 fully saturated rings. The zero-order valence-corrected chi connectivity index (χ0v) is 20.7. The van der Waals surface area contributed by atoms with Crippen molar-refractivity contribution < 1.29 is 13.2 Å². The van der Waals surface area contributed by atoms with Crippen LogP contribution in [-0.4, -0.2) is 31.8 Å². The van der Waals surface area contributed by atoms with Gasteiger partial charge in [0.05, 0.1) is 28.8 Å². The number of fused-ring (bicyclic) bond motifs is 2. The Morgan fingerprint density at radius 3 is 2.58 bits per heavy atom. The van der Waals surface area contributed by atoms with Crippen LogP contribution in [0.4, 0.5) is 5.69 Å². The van der Waals surface area contributed by atoms with Crippen molar-refractivity contribution in [3.05, 3.63) is 83.3 Å². The number of nitriles is 1. The van der Waals surface area contributed by atoms with Crippen LogP contribution in [0.1, 0.15) is 12.5 Å². The number of dihydropyridines is 1. The predicted octanol–water partition coefficient (Wildman–Crippen LogP) is 5.03. The first-order valence-corrected chi connectivity index (χ1v) is 13.3. The minimum atomic E-state index is -3.81. The van der Waals surface area contributed by atoms with E-state index in [2.05, 4.69) is 20.4 Å². The predicted molar refractivity (Wildman–Crippen MR) is 141 cm³/mol. The van der Waals surface area contributed by atoms with Crippen molar-refractivity contribution in [3.8, 4) is 23.1 Å². The SMILES string of the molecule is CCn1c(-c2ccc(NS(=O)(=O)C3=CC=CC4C5C=CC=NC354)cc2)c(C#N)c2ccc(OC)cc21. The number of sulfonamides is 1. The van der Waals surface area contributed by atoms with Gasteiger partial charge in [-0.15, -0.1) is 0 Å². The molecule has 1 spiro atoms. The molecule has 1 saturated carbocycles. The van der Waals surface area contributed by atoms with E-state index in [0.717, 1.165) is 27.9 Å². The van der Waals surface area contributed by atoms with Crippen molar-refractivity contribution in [2.24, 2.45) is 16.8 Å².